The minimum atomic E-state index is 0.0868. The molecule has 0 aromatic heterocycles. The van der Waals surface area contributed by atoms with E-state index in [0.29, 0.717) is 12.6 Å². The molecule has 22 heavy (non-hydrogen) atoms. The fourth-order valence-corrected chi connectivity index (χ4v) is 3.18. The molecule has 4 nitrogen and oxygen atoms in total. The van der Waals surface area contributed by atoms with Crippen molar-refractivity contribution in [2.24, 2.45) is 0 Å². The van der Waals surface area contributed by atoms with E-state index in [1.807, 2.05) is 0 Å². The highest BCUT2D eigenvalue weighted by molar-refractivity contribution is 5.93. The lowest BCUT2D eigenvalue weighted by molar-refractivity contribution is -0.117. The van der Waals surface area contributed by atoms with Gasteiger partial charge in [-0.2, -0.15) is 0 Å². The SMILES string of the molecule is CCc1cccc(C)c1NC(=O)CN(C)C1CCCNCC1. The zero-order valence-corrected chi connectivity index (χ0v) is 14.1. The van der Waals surface area contributed by atoms with Crippen molar-refractivity contribution >= 4 is 11.6 Å². The van der Waals surface area contributed by atoms with Crippen LogP contribution in [0, 0.1) is 6.92 Å². The number of carbonyl (C=O) groups is 1. The molecule has 1 aliphatic rings. The lowest BCUT2D eigenvalue weighted by atomic mass is 10.1. The van der Waals surface area contributed by atoms with Crippen molar-refractivity contribution in [3.8, 4) is 0 Å². The third-order valence-corrected chi connectivity index (χ3v) is 4.57. The highest BCUT2D eigenvalue weighted by Gasteiger charge is 2.19. The molecular formula is C18H29N3O. The summed E-state index contributed by atoms with van der Waals surface area (Å²) in [6.45, 7) is 6.78. The molecule has 122 valence electrons. The number of para-hydroxylation sites is 1. The van der Waals surface area contributed by atoms with Crippen LogP contribution in [0.15, 0.2) is 18.2 Å². The third kappa shape index (κ3) is 4.55. The standard InChI is InChI=1S/C18H29N3O/c1-4-15-8-5-7-14(2)18(15)20-17(22)13-21(3)16-9-6-11-19-12-10-16/h5,7-8,16,19H,4,6,9-13H2,1-3H3,(H,20,22). The molecule has 2 N–H and O–H groups in total. The Morgan fingerprint density at radius 1 is 1.36 bits per heavy atom. The fraction of sp³-hybridized carbons (Fsp3) is 0.611. The van der Waals surface area contributed by atoms with Crippen molar-refractivity contribution in [2.45, 2.75) is 45.6 Å². The number of amides is 1. The van der Waals surface area contributed by atoms with Crippen LogP contribution < -0.4 is 10.6 Å². The van der Waals surface area contributed by atoms with Gasteiger partial charge in [0.1, 0.15) is 0 Å². The van der Waals surface area contributed by atoms with E-state index < -0.39 is 0 Å². The van der Waals surface area contributed by atoms with Crippen molar-refractivity contribution in [3.63, 3.8) is 0 Å². The Balaban J connectivity index is 1.95. The number of likely N-dealkylation sites (N-methyl/N-ethyl adjacent to an activating group) is 1. The molecule has 1 unspecified atom stereocenters. The van der Waals surface area contributed by atoms with Gasteiger partial charge >= 0.3 is 0 Å². The first-order valence-corrected chi connectivity index (χ1v) is 8.41. The van der Waals surface area contributed by atoms with Gasteiger partial charge in [0.15, 0.2) is 0 Å². The number of hydrogen-bond acceptors (Lipinski definition) is 3. The first kappa shape index (κ1) is 17.0. The number of anilines is 1. The second-order valence-corrected chi connectivity index (χ2v) is 6.26. The number of rotatable bonds is 5. The lowest BCUT2D eigenvalue weighted by Crippen LogP contribution is -2.38. The first-order valence-electron chi connectivity index (χ1n) is 8.41. The van der Waals surface area contributed by atoms with Crippen LogP contribution in [0.5, 0.6) is 0 Å². The molecule has 0 saturated carbocycles. The summed E-state index contributed by atoms with van der Waals surface area (Å²) in [7, 11) is 2.06. The van der Waals surface area contributed by atoms with Crippen molar-refractivity contribution in [3.05, 3.63) is 29.3 Å². The molecule has 1 aromatic carbocycles. The van der Waals surface area contributed by atoms with Crippen molar-refractivity contribution in [2.75, 3.05) is 32.0 Å². The summed E-state index contributed by atoms with van der Waals surface area (Å²) >= 11 is 0. The maximum absolute atomic E-state index is 12.4. The summed E-state index contributed by atoms with van der Waals surface area (Å²) in [5.41, 5.74) is 3.33. The van der Waals surface area contributed by atoms with Gasteiger partial charge in [0.2, 0.25) is 5.91 Å². The Hall–Kier alpha value is -1.39. The van der Waals surface area contributed by atoms with E-state index in [1.54, 1.807) is 0 Å². The number of benzene rings is 1. The smallest absolute Gasteiger partial charge is 0.238 e. The van der Waals surface area contributed by atoms with Gasteiger partial charge < -0.3 is 10.6 Å². The minimum absolute atomic E-state index is 0.0868. The molecule has 1 amide bonds. The summed E-state index contributed by atoms with van der Waals surface area (Å²) in [6.07, 6.45) is 4.41. The molecule has 1 aliphatic heterocycles. The monoisotopic (exact) mass is 303 g/mol. The van der Waals surface area contributed by atoms with Crippen LogP contribution in [0.25, 0.3) is 0 Å². The maximum Gasteiger partial charge on any atom is 0.238 e. The normalized spacial score (nSPS) is 19.0. The molecule has 1 fully saturated rings. The number of carbonyl (C=O) groups excluding carboxylic acids is 1. The quantitative estimate of drug-likeness (QED) is 0.879. The largest absolute Gasteiger partial charge is 0.324 e. The van der Waals surface area contributed by atoms with Gasteiger partial charge in [-0.1, -0.05) is 25.1 Å². The van der Waals surface area contributed by atoms with Crippen LogP contribution in [0.2, 0.25) is 0 Å². The van der Waals surface area contributed by atoms with Crippen LogP contribution >= 0.6 is 0 Å². The summed E-state index contributed by atoms with van der Waals surface area (Å²) in [5, 5.41) is 6.54. The molecule has 1 aromatic rings. The van der Waals surface area contributed by atoms with Crippen molar-refractivity contribution in [1.29, 1.82) is 0 Å². The Bertz CT molecular complexity index is 493. The maximum atomic E-state index is 12.4. The summed E-state index contributed by atoms with van der Waals surface area (Å²) in [4.78, 5) is 14.6. The third-order valence-electron chi connectivity index (χ3n) is 4.57. The highest BCUT2D eigenvalue weighted by atomic mass is 16.2. The summed E-state index contributed by atoms with van der Waals surface area (Å²) < 4.78 is 0. The van der Waals surface area contributed by atoms with Gasteiger partial charge in [0, 0.05) is 11.7 Å². The van der Waals surface area contributed by atoms with Gasteiger partial charge in [-0.15, -0.1) is 0 Å². The Morgan fingerprint density at radius 3 is 2.95 bits per heavy atom. The van der Waals surface area contributed by atoms with Crippen LogP contribution in [-0.2, 0) is 11.2 Å². The lowest BCUT2D eigenvalue weighted by Gasteiger charge is -2.26. The van der Waals surface area contributed by atoms with E-state index in [-0.39, 0.29) is 5.91 Å². The highest BCUT2D eigenvalue weighted by Crippen LogP contribution is 2.21. The molecule has 0 radical (unpaired) electrons. The topological polar surface area (TPSA) is 44.4 Å². The van der Waals surface area contributed by atoms with E-state index in [1.165, 1.54) is 18.4 Å². The van der Waals surface area contributed by atoms with Crippen LogP contribution in [0.4, 0.5) is 5.69 Å². The second kappa shape index (κ2) is 8.30. The zero-order chi connectivity index (χ0) is 15.9. The van der Waals surface area contributed by atoms with E-state index in [0.717, 1.165) is 37.2 Å². The zero-order valence-electron chi connectivity index (χ0n) is 14.1. The molecule has 2 rings (SSSR count). The predicted octanol–water partition coefficient (Wildman–Crippen LogP) is 2.57. The molecule has 1 atom stereocenters. The van der Waals surface area contributed by atoms with Gasteiger partial charge in [0.25, 0.3) is 0 Å². The van der Waals surface area contributed by atoms with E-state index in [9.17, 15) is 4.79 Å². The Kier molecular flexibility index (Phi) is 6.40. The van der Waals surface area contributed by atoms with Gasteiger partial charge in [-0.25, -0.2) is 0 Å². The number of nitrogens with zero attached hydrogens (tertiary/aromatic N) is 1. The molecule has 0 aliphatic carbocycles. The second-order valence-electron chi connectivity index (χ2n) is 6.26. The molecular weight excluding hydrogens is 274 g/mol. The van der Waals surface area contributed by atoms with Gasteiger partial charge in [-0.3, -0.25) is 9.69 Å². The number of nitrogens with one attached hydrogen (secondary N) is 2. The van der Waals surface area contributed by atoms with Gasteiger partial charge in [-0.05, 0) is 63.9 Å². The average Bonchev–Trinajstić information content (AvgIpc) is 2.78. The van der Waals surface area contributed by atoms with Crippen LogP contribution in [0.1, 0.15) is 37.3 Å². The van der Waals surface area contributed by atoms with E-state index in [4.69, 9.17) is 0 Å². The first-order chi connectivity index (χ1) is 10.6. The fourth-order valence-electron chi connectivity index (χ4n) is 3.18. The van der Waals surface area contributed by atoms with Crippen LogP contribution in [-0.4, -0.2) is 43.5 Å². The molecule has 0 spiro atoms. The predicted molar refractivity (Wildman–Crippen MR) is 92.3 cm³/mol. The van der Waals surface area contributed by atoms with E-state index >= 15 is 0 Å². The van der Waals surface area contributed by atoms with Crippen LogP contribution in [0.3, 0.4) is 0 Å². The Morgan fingerprint density at radius 2 is 2.18 bits per heavy atom. The Labute approximate surface area is 134 Å². The van der Waals surface area contributed by atoms with Gasteiger partial charge in [0.05, 0.1) is 6.54 Å². The molecule has 4 heteroatoms. The molecule has 0 bridgehead atoms. The number of hydrogen-bond donors (Lipinski definition) is 2. The van der Waals surface area contributed by atoms with Crippen molar-refractivity contribution in [1.82, 2.24) is 10.2 Å². The summed E-state index contributed by atoms with van der Waals surface area (Å²) in [6, 6.07) is 6.69. The number of aryl methyl sites for hydroxylation is 2. The molecule has 1 heterocycles. The molecule has 1 saturated heterocycles. The average molecular weight is 303 g/mol. The van der Waals surface area contributed by atoms with E-state index in [2.05, 4.69) is 54.6 Å². The summed E-state index contributed by atoms with van der Waals surface area (Å²) in [5.74, 6) is 0.0868. The minimum Gasteiger partial charge on any atom is -0.324 e. The van der Waals surface area contributed by atoms with Crippen molar-refractivity contribution < 1.29 is 4.79 Å².